The van der Waals surface area contributed by atoms with Crippen LogP contribution in [0.1, 0.15) is 18.1 Å². The van der Waals surface area contributed by atoms with Gasteiger partial charge in [-0.05, 0) is 48.9 Å². The number of halogens is 2. The Morgan fingerprint density at radius 2 is 1.82 bits per heavy atom. The zero-order valence-electron chi connectivity index (χ0n) is 17.8. The first kappa shape index (κ1) is 23.1. The lowest BCUT2D eigenvalue weighted by Crippen LogP contribution is -2.01. The molecule has 0 aliphatic carbocycles. The number of nitrogens with one attached hydrogen (secondary N) is 1. The van der Waals surface area contributed by atoms with Gasteiger partial charge in [0.25, 0.3) is 0 Å². The number of anilines is 1. The third-order valence-corrected chi connectivity index (χ3v) is 5.99. The van der Waals surface area contributed by atoms with E-state index >= 15 is 0 Å². The van der Waals surface area contributed by atoms with Gasteiger partial charge < -0.3 is 9.47 Å². The highest BCUT2D eigenvalue weighted by Crippen LogP contribution is 2.30. The van der Waals surface area contributed by atoms with Gasteiger partial charge in [-0.1, -0.05) is 53.5 Å². The van der Waals surface area contributed by atoms with Gasteiger partial charge in [-0.15, -0.1) is 11.3 Å². The van der Waals surface area contributed by atoms with Crippen molar-refractivity contribution < 1.29 is 9.47 Å². The Bertz CT molecular complexity index is 1240. The zero-order chi connectivity index (χ0) is 23.0. The van der Waals surface area contributed by atoms with Gasteiger partial charge in [0.1, 0.15) is 6.61 Å². The molecule has 0 fully saturated rings. The second-order valence-corrected chi connectivity index (χ2v) is 8.64. The van der Waals surface area contributed by atoms with E-state index in [9.17, 15) is 0 Å². The highest BCUT2D eigenvalue weighted by Gasteiger charge is 2.08. The van der Waals surface area contributed by atoms with Crippen molar-refractivity contribution in [2.24, 2.45) is 5.10 Å². The molecule has 0 saturated heterocycles. The van der Waals surface area contributed by atoms with E-state index in [-0.39, 0.29) is 0 Å². The van der Waals surface area contributed by atoms with E-state index in [1.807, 2.05) is 79.0 Å². The van der Waals surface area contributed by atoms with Gasteiger partial charge in [-0.2, -0.15) is 5.10 Å². The molecule has 0 aliphatic heterocycles. The number of ether oxygens (including phenoxy) is 2. The molecule has 0 saturated carbocycles. The number of nitrogens with zero attached hydrogens (tertiary/aromatic N) is 2. The molecule has 0 aliphatic rings. The molecule has 0 unspecified atom stereocenters. The van der Waals surface area contributed by atoms with Gasteiger partial charge in [0.05, 0.1) is 18.5 Å². The van der Waals surface area contributed by atoms with Gasteiger partial charge in [0.15, 0.2) is 11.5 Å². The first-order valence-corrected chi connectivity index (χ1v) is 11.9. The summed E-state index contributed by atoms with van der Waals surface area (Å²) in [5, 5.41) is 8.34. The maximum absolute atomic E-state index is 6.22. The largest absolute Gasteiger partial charge is 0.490 e. The predicted molar refractivity (Wildman–Crippen MR) is 137 cm³/mol. The standard InChI is InChI=1S/C25H21Cl2N3O2S/c1-2-31-24-13-17(7-12-23(24)32-15-19-5-3-4-6-21(19)27)14-28-30-25-29-22(16-33-25)18-8-10-20(26)11-9-18/h3-14,16H,2,15H2,1H3,(H,29,30)/b28-14-. The van der Waals surface area contributed by atoms with Crippen molar-refractivity contribution in [3.8, 4) is 22.8 Å². The first-order valence-electron chi connectivity index (χ1n) is 10.3. The maximum atomic E-state index is 6.22. The second kappa shape index (κ2) is 11.2. The molecule has 168 valence electrons. The summed E-state index contributed by atoms with van der Waals surface area (Å²) >= 11 is 13.7. The van der Waals surface area contributed by atoms with Crippen LogP contribution in [0, 0.1) is 0 Å². The van der Waals surface area contributed by atoms with Crippen LogP contribution in [0.15, 0.2) is 77.2 Å². The van der Waals surface area contributed by atoms with Crippen molar-refractivity contribution in [2.75, 3.05) is 12.0 Å². The summed E-state index contributed by atoms with van der Waals surface area (Å²) in [6.45, 7) is 2.81. The Morgan fingerprint density at radius 1 is 1.00 bits per heavy atom. The maximum Gasteiger partial charge on any atom is 0.203 e. The number of thiazole rings is 1. The molecule has 0 bridgehead atoms. The molecule has 1 aromatic heterocycles. The van der Waals surface area contributed by atoms with Gasteiger partial charge in [0, 0.05) is 26.6 Å². The summed E-state index contributed by atoms with van der Waals surface area (Å²) in [5.41, 5.74) is 6.63. The van der Waals surface area contributed by atoms with Crippen molar-refractivity contribution in [1.29, 1.82) is 0 Å². The van der Waals surface area contributed by atoms with Crippen LogP contribution in [0.3, 0.4) is 0 Å². The summed E-state index contributed by atoms with van der Waals surface area (Å²) in [6.07, 6.45) is 1.71. The molecule has 1 N–H and O–H groups in total. The molecule has 8 heteroatoms. The summed E-state index contributed by atoms with van der Waals surface area (Å²) in [4.78, 5) is 4.56. The average molecular weight is 498 g/mol. The molecule has 0 amide bonds. The van der Waals surface area contributed by atoms with E-state index < -0.39 is 0 Å². The average Bonchev–Trinajstić information content (AvgIpc) is 3.29. The highest BCUT2D eigenvalue weighted by molar-refractivity contribution is 7.14. The normalized spacial score (nSPS) is 11.0. The minimum absolute atomic E-state index is 0.356. The molecule has 1 heterocycles. The third kappa shape index (κ3) is 6.26. The molecule has 33 heavy (non-hydrogen) atoms. The fraction of sp³-hybridized carbons (Fsp3) is 0.120. The quantitative estimate of drug-likeness (QED) is 0.191. The van der Waals surface area contributed by atoms with Crippen molar-refractivity contribution in [1.82, 2.24) is 4.98 Å². The van der Waals surface area contributed by atoms with Gasteiger partial charge in [-0.25, -0.2) is 4.98 Å². The summed E-state index contributed by atoms with van der Waals surface area (Å²) < 4.78 is 11.7. The molecule has 0 atom stereocenters. The number of aromatic nitrogens is 1. The van der Waals surface area contributed by atoms with Crippen LogP contribution in [0.5, 0.6) is 11.5 Å². The molecule has 4 aromatic rings. The van der Waals surface area contributed by atoms with Gasteiger partial charge in [0.2, 0.25) is 5.13 Å². The minimum Gasteiger partial charge on any atom is -0.490 e. The van der Waals surface area contributed by atoms with Gasteiger partial charge in [-0.3, -0.25) is 5.43 Å². The minimum atomic E-state index is 0.356. The molecule has 0 radical (unpaired) electrons. The van der Waals surface area contributed by atoms with Crippen LogP contribution in [0.4, 0.5) is 5.13 Å². The van der Waals surface area contributed by atoms with Crippen molar-refractivity contribution in [2.45, 2.75) is 13.5 Å². The SMILES string of the molecule is CCOc1cc(/C=N\Nc2nc(-c3ccc(Cl)cc3)cs2)ccc1OCc1ccccc1Cl. The van der Waals surface area contributed by atoms with Crippen molar-refractivity contribution in [3.05, 3.63) is 93.3 Å². The smallest absolute Gasteiger partial charge is 0.203 e. The third-order valence-electron chi connectivity index (χ3n) is 4.63. The van der Waals surface area contributed by atoms with E-state index in [2.05, 4.69) is 15.5 Å². The summed E-state index contributed by atoms with van der Waals surface area (Å²) in [5.74, 6) is 1.29. The molecule has 5 nitrogen and oxygen atoms in total. The van der Waals surface area contributed by atoms with Crippen LogP contribution >= 0.6 is 34.5 Å². The first-order chi connectivity index (χ1) is 16.1. The molecular weight excluding hydrogens is 477 g/mol. The monoisotopic (exact) mass is 497 g/mol. The van der Waals surface area contributed by atoms with Crippen LogP contribution < -0.4 is 14.9 Å². The Morgan fingerprint density at radius 3 is 2.61 bits per heavy atom. The van der Waals surface area contributed by atoms with E-state index in [4.69, 9.17) is 32.7 Å². The Labute approximate surface area is 206 Å². The highest BCUT2D eigenvalue weighted by atomic mass is 35.5. The summed E-state index contributed by atoms with van der Waals surface area (Å²) in [6, 6.07) is 20.8. The lowest BCUT2D eigenvalue weighted by molar-refractivity contribution is 0.269. The lowest BCUT2D eigenvalue weighted by Gasteiger charge is -2.13. The van der Waals surface area contributed by atoms with Crippen LogP contribution in [-0.4, -0.2) is 17.8 Å². The number of hydrogen-bond donors (Lipinski definition) is 1. The van der Waals surface area contributed by atoms with E-state index in [1.54, 1.807) is 6.21 Å². The van der Waals surface area contributed by atoms with Gasteiger partial charge >= 0.3 is 0 Å². The van der Waals surface area contributed by atoms with E-state index in [0.717, 1.165) is 22.4 Å². The van der Waals surface area contributed by atoms with Crippen LogP contribution in [0.25, 0.3) is 11.3 Å². The van der Waals surface area contributed by atoms with E-state index in [1.165, 1.54) is 11.3 Å². The Hall–Kier alpha value is -3.06. The Balaban J connectivity index is 1.41. The molecule has 3 aromatic carbocycles. The number of benzene rings is 3. The number of hydrogen-bond acceptors (Lipinski definition) is 6. The molecule has 4 rings (SSSR count). The fourth-order valence-corrected chi connectivity index (χ4v) is 3.99. The fourth-order valence-electron chi connectivity index (χ4n) is 3.00. The van der Waals surface area contributed by atoms with Crippen molar-refractivity contribution >= 4 is 45.9 Å². The second-order valence-electron chi connectivity index (χ2n) is 6.93. The van der Waals surface area contributed by atoms with E-state index in [0.29, 0.717) is 39.9 Å². The topological polar surface area (TPSA) is 55.7 Å². The predicted octanol–water partition coefficient (Wildman–Crippen LogP) is 7.54. The van der Waals surface area contributed by atoms with Crippen molar-refractivity contribution in [3.63, 3.8) is 0 Å². The van der Waals surface area contributed by atoms with Crippen LogP contribution in [-0.2, 0) is 6.61 Å². The zero-order valence-corrected chi connectivity index (χ0v) is 20.1. The molecular formula is C25H21Cl2N3O2S. The number of rotatable bonds is 9. The van der Waals surface area contributed by atoms with Crippen LogP contribution in [0.2, 0.25) is 10.0 Å². The molecule has 0 spiro atoms. The Kier molecular flexibility index (Phi) is 7.83. The lowest BCUT2D eigenvalue weighted by atomic mass is 10.2. The number of hydrazone groups is 1. The summed E-state index contributed by atoms with van der Waals surface area (Å²) in [7, 11) is 0.